The van der Waals surface area contributed by atoms with Gasteiger partial charge in [0.25, 0.3) is 0 Å². The van der Waals surface area contributed by atoms with E-state index >= 15 is 0 Å². The fraction of sp³-hybridized carbons (Fsp3) is 0.400. The Morgan fingerprint density at radius 3 is 1.96 bits per heavy atom. The van der Waals surface area contributed by atoms with Crippen molar-refractivity contribution in [2.45, 2.75) is 33.1 Å². The molecule has 24 heavy (non-hydrogen) atoms. The van der Waals surface area contributed by atoms with E-state index in [0.29, 0.717) is 6.42 Å². The van der Waals surface area contributed by atoms with Gasteiger partial charge in [-0.05, 0) is 61.7 Å². The molecule has 0 fully saturated rings. The van der Waals surface area contributed by atoms with Gasteiger partial charge in [-0.25, -0.2) is 0 Å². The number of nitrogens with zero attached hydrogens (tertiary/aromatic N) is 3. The minimum Gasteiger partial charge on any atom is -0.396 e. The van der Waals surface area contributed by atoms with E-state index in [4.69, 9.17) is 5.11 Å². The molecule has 0 bridgehead atoms. The number of rotatable bonds is 9. The topological polar surface area (TPSA) is 48.2 Å². The second-order valence-electron chi connectivity index (χ2n) is 5.79. The van der Waals surface area contributed by atoms with E-state index in [1.54, 1.807) is 0 Å². The Labute approximate surface area is 144 Å². The number of unbranched alkanes of at least 4 members (excludes halogenated alkanes) is 1. The summed E-state index contributed by atoms with van der Waals surface area (Å²) in [5, 5.41) is 17.5. The van der Waals surface area contributed by atoms with Gasteiger partial charge in [0.2, 0.25) is 0 Å². The standard InChI is InChI=1S/C20H27N3O/c1-3-5-15-23(4-2)20-12-10-19(11-13-20)22-21-18-8-6-17(7-9-18)14-16-24/h6-13,24H,3-5,14-16H2,1-2H3. The Morgan fingerprint density at radius 1 is 0.875 bits per heavy atom. The molecule has 0 unspecified atom stereocenters. The van der Waals surface area contributed by atoms with Crippen molar-refractivity contribution in [2.75, 3.05) is 24.6 Å². The Bertz CT molecular complexity index is 620. The van der Waals surface area contributed by atoms with E-state index in [9.17, 15) is 0 Å². The summed E-state index contributed by atoms with van der Waals surface area (Å²) in [6.07, 6.45) is 3.09. The minimum atomic E-state index is 0.167. The Hall–Kier alpha value is -2.20. The summed E-state index contributed by atoms with van der Waals surface area (Å²) in [6, 6.07) is 16.0. The van der Waals surface area contributed by atoms with Crippen molar-refractivity contribution in [1.82, 2.24) is 0 Å². The lowest BCUT2D eigenvalue weighted by molar-refractivity contribution is 0.299. The Kier molecular flexibility index (Phi) is 7.43. The molecule has 4 heteroatoms. The van der Waals surface area contributed by atoms with Crippen molar-refractivity contribution in [1.29, 1.82) is 0 Å². The minimum absolute atomic E-state index is 0.167. The van der Waals surface area contributed by atoms with E-state index in [0.717, 1.165) is 30.0 Å². The fourth-order valence-corrected chi connectivity index (χ4v) is 2.52. The highest BCUT2D eigenvalue weighted by atomic mass is 16.2. The molecule has 0 saturated heterocycles. The summed E-state index contributed by atoms with van der Waals surface area (Å²) in [7, 11) is 0. The highest BCUT2D eigenvalue weighted by Crippen LogP contribution is 2.22. The maximum absolute atomic E-state index is 8.92. The first-order valence-electron chi connectivity index (χ1n) is 8.73. The van der Waals surface area contributed by atoms with Crippen molar-refractivity contribution in [3.8, 4) is 0 Å². The van der Waals surface area contributed by atoms with Gasteiger partial charge in [-0.2, -0.15) is 10.2 Å². The molecule has 0 heterocycles. The molecule has 0 saturated carbocycles. The molecule has 2 aromatic carbocycles. The molecule has 0 aliphatic rings. The van der Waals surface area contributed by atoms with Crippen LogP contribution in [0, 0.1) is 0 Å². The summed E-state index contributed by atoms with van der Waals surface area (Å²) >= 11 is 0. The fourth-order valence-electron chi connectivity index (χ4n) is 2.52. The summed E-state index contributed by atoms with van der Waals surface area (Å²) in [5.74, 6) is 0. The lowest BCUT2D eigenvalue weighted by atomic mass is 10.1. The van der Waals surface area contributed by atoms with E-state index in [-0.39, 0.29) is 6.61 Å². The molecule has 128 valence electrons. The van der Waals surface area contributed by atoms with Crippen LogP contribution in [0.5, 0.6) is 0 Å². The largest absolute Gasteiger partial charge is 0.396 e. The number of aliphatic hydroxyl groups excluding tert-OH is 1. The first-order valence-corrected chi connectivity index (χ1v) is 8.73. The van der Waals surface area contributed by atoms with Gasteiger partial charge in [0.1, 0.15) is 0 Å². The first-order chi connectivity index (χ1) is 11.8. The maximum atomic E-state index is 8.92. The van der Waals surface area contributed by atoms with Crippen LogP contribution >= 0.6 is 0 Å². The van der Waals surface area contributed by atoms with Crippen molar-refractivity contribution >= 4 is 17.1 Å². The Morgan fingerprint density at radius 2 is 1.46 bits per heavy atom. The molecule has 0 amide bonds. The van der Waals surface area contributed by atoms with Crippen molar-refractivity contribution in [3.63, 3.8) is 0 Å². The molecule has 0 aromatic heterocycles. The third-order valence-corrected chi connectivity index (χ3v) is 4.00. The van der Waals surface area contributed by atoms with Crippen LogP contribution in [0.3, 0.4) is 0 Å². The van der Waals surface area contributed by atoms with Gasteiger partial charge in [-0.3, -0.25) is 0 Å². The molecule has 0 aliphatic heterocycles. The molecule has 0 atom stereocenters. The van der Waals surface area contributed by atoms with Crippen LogP contribution in [0.25, 0.3) is 0 Å². The van der Waals surface area contributed by atoms with Gasteiger partial charge in [0.05, 0.1) is 11.4 Å². The number of hydrogen-bond acceptors (Lipinski definition) is 4. The normalized spacial score (nSPS) is 11.1. The zero-order valence-electron chi connectivity index (χ0n) is 14.7. The lowest BCUT2D eigenvalue weighted by Gasteiger charge is -2.22. The highest BCUT2D eigenvalue weighted by molar-refractivity contribution is 5.53. The van der Waals surface area contributed by atoms with Crippen molar-refractivity contribution in [2.24, 2.45) is 10.2 Å². The van der Waals surface area contributed by atoms with Crippen molar-refractivity contribution in [3.05, 3.63) is 54.1 Å². The summed E-state index contributed by atoms with van der Waals surface area (Å²) in [6.45, 7) is 6.67. The summed E-state index contributed by atoms with van der Waals surface area (Å²) in [5.41, 5.74) is 4.01. The van der Waals surface area contributed by atoms with E-state index in [1.165, 1.54) is 18.5 Å². The first kappa shape index (κ1) is 18.1. The molecule has 0 spiro atoms. The molecule has 0 radical (unpaired) electrons. The van der Waals surface area contributed by atoms with Gasteiger partial charge in [-0.1, -0.05) is 25.5 Å². The molecular weight excluding hydrogens is 298 g/mol. The molecule has 0 aliphatic carbocycles. The second kappa shape index (κ2) is 9.83. The quantitative estimate of drug-likeness (QED) is 0.639. The van der Waals surface area contributed by atoms with E-state index in [2.05, 4.69) is 41.1 Å². The van der Waals surface area contributed by atoms with Gasteiger partial charge in [0.15, 0.2) is 0 Å². The van der Waals surface area contributed by atoms with Crippen LogP contribution in [-0.2, 0) is 6.42 Å². The molecule has 1 N–H and O–H groups in total. The summed E-state index contributed by atoms with van der Waals surface area (Å²) in [4.78, 5) is 2.38. The average molecular weight is 325 g/mol. The lowest BCUT2D eigenvalue weighted by Crippen LogP contribution is -2.23. The molecule has 2 rings (SSSR count). The second-order valence-corrected chi connectivity index (χ2v) is 5.79. The number of aliphatic hydroxyl groups is 1. The van der Waals surface area contributed by atoms with Crippen LogP contribution in [-0.4, -0.2) is 24.8 Å². The van der Waals surface area contributed by atoms with Crippen LogP contribution in [0.1, 0.15) is 32.3 Å². The smallest absolute Gasteiger partial charge is 0.0858 e. The van der Waals surface area contributed by atoms with Gasteiger partial charge >= 0.3 is 0 Å². The molecule has 2 aromatic rings. The SMILES string of the molecule is CCCCN(CC)c1ccc(N=Nc2ccc(CCO)cc2)cc1. The van der Waals surface area contributed by atoms with Crippen LogP contribution < -0.4 is 4.90 Å². The van der Waals surface area contributed by atoms with Gasteiger partial charge < -0.3 is 10.0 Å². The predicted octanol–water partition coefficient (Wildman–Crippen LogP) is 5.26. The molecular formula is C20H27N3O. The monoisotopic (exact) mass is 325 g/mol. The zero-order chi connectivity index (χ0) is 17.2. The highest BCUT2D eigenvalue weighted by Gasteiger charge is 2.03. The third kappa shape index (κ3) is 5.46. The summed E-state index contributed by atoms with van der Waals surface area (Å²) < 4.78 is 0. The number of benzene rings is 2. The van der Waals surface area contributed by atoms with Crippen LogP contribution in [0.15, 0.2) is 58.8 Å². The zero-order valence-corrected chi connectivity index (χ0v) is 14.7. The maximum Gasteiger partial charge on any atom is 0.0858 e. The number of anilines is 1. The third-order valence-electron chi connectivity index (χ3n) is 4.00. The van der Waals surface area contributed by atoms with E-state index in [1.807, 2.05) is 36.4 Å². The molecule has 4 nitrogen and oxygen atoms in total. The predicted molar refractivity (Wildman–Crippen MR) is 101 cm³/mol. The van der Waals surface area contributed by atoms with Gasteiger partial charge in [-0.15, -0.1) is 0 Å². The van der Waals surface area contributed by atoms with E-state index < -0.39 is 0 Å². The Balaban J connectivity index is 1.99. The van der Waals surface area contributed by atoms with Crippen molar-refractivity contribution < 1.29 is 5.11 Å². The van der Waals surface area contributed by atoms with Gasteiger partial charge in [0, 0.05) is 25.4 Å². The number of azo groups is 1. The average Bonchev–Trinajstić information content (AvgIpc) is 2.63. The van der Waals surface area contributed by atoms with Crippen LogP contribution in [0.4, 0.5) is 17.1 Å². The van der Waals surface area contributed by atoms with Crippen LogP contribution in [0.2, 0.25) is 0 Å². The number of hydrogen-bond donors (Lipinski definition) is 1.